The number of rotatable bonds is 4. The first-order valence-corrected chi connectivity index (χ1v) is 2.46. The zero-order valence-corrected chi connectivity index (χ0v) is 4.47. The van der Waals surface area contributed by atoms with Crippen molar-refractivity contribution in [3.05, 3.63) is 0 Å². The van der Waals surface area contributed by atoms with E-state index in [1.807, 2.05) is 0 Å². The van der Waals surface area contributed by atoms with Crippen LogP contribution in [-0.4, -0.2) is 11.7 Å². The topological polar surface area (TPSA) is 81.7 Å². The largest absolute Gasteiger partial charge is 0.691 e. The molecule has 0 heterocycles. The van der Waals surface area contributed by atoms with Gasteiger partial charge in [0.1, 0.15) is 0 Å². The molecule has 0 rings (SSSR count). The molecule has 0 saturated carbocycles. The molecule has 0 aromatic heterocycles. The molecule has 0 spiro atoms. The van der Waals surface area contributed by atoms with Gasteiger partial charge in [0.15, 0.2) is 0 Å². The SMILES string of the molecule is O=C([O-])CSOO[O-]. The second-order valence-electron chi connectivity index (χ2n) is 0.770. The number of hydrogen-bond donors (Lipinski definition) is 0. The van der Waals surface area contributed by atoms with Crippen LogP contribution in [0.4, 0.5) is 0 Å². The lowest BCUT2D eigenvalue weighted by molar-refractivity contribution is -0.777. The molecule has 0 unspecified atom stereocenters. The summed E-state index contributed by atoms with van der Waals surface area (Å²) >= 11 is 0.365. The molecular formula is C2H2O5S-2. The van der Waals surface area contributed by atoms with Crippen molar-refractivity contribution in [1.29, 1.82) is 0 Å². The summed E-state index contributed by atoms with van der Waals surface area (Å²) in [4.78, 5) is 9.50. The van der Waals surface area contributed by atoms with Crippen LogP contribution in [-0.2, 0) is 14.2 Å². The van der Waals surface area contributed by atoms with Crippen molar-refractivity contribution in [2.24, 2.45) is 0 Å². The molecule has 0 amide bonds. The summed E-state index contributed by atoms with van der Waals surface area (Å²) < 4.78 is 3.58. The first kappa shape index (κ1) is 7.70. The molecule has 5 nitrogen and oxygen atoms in total. The van der Waals surface area contributed by atoms with E-state index in [0.717, 1.165) is 0 Å². The summed E-state index contributed by atoms with van der Waals surface area (Å²) in [6.07, 6.45) is 0. The van der Waals surface area contributed by atoms with Gasteiger partial charge in [-0.3, -0.25) is 5.04 Å². The summed E-state index contributed by atoms with van der Waals surface area (Å²) in [6, 6.07) is 0. The standard InChI is InChI=1S/C2H4O5S/c3-2(4)1-8-7-6-5/h5H,1H2,(H,3,4)/p-2. The van der Waals surface area contributed by atoms with Gasteiger partial charge in [-0.15, -0.1) is 0 Å². The third kappa shape index (κ3) is 5.70. The van der Waals surface area contributed by atoms with Gasteiger partial charge in [-0.25, -0.2) is 0 Å². The minimum atomic E-state index is -1.31. The number of hydrogen-bond acceptors (Lipinski definition) is 6. The van der Waals surface area contributed by atoms with Gasteiger partial charge in [0.25, 0.3) is 0 Å². The first-order valence-electron chi connectivity index (χ1n) is 1.55. The van der Waals surface area contributed by atoms with Crippen molar-refractivity contribution in [3.8, 4) is 0 Å². The van der Waals surface area contributed by atoms with E-state index in [9.17, 15) is 9.90 Å². The summed E-state index contributed by atoms with van der Waals surface area (Å²) in [5, 5.41) is 21.3. The highest BCUT2D eigenvalue weighted by Gasteiger charge is 1.84. The third-order valence-corrected chi connectivity index (χ3v) is 0.758. The van der Waals surface area contributed by atoms with Crippen LogP contribution in [0.5, 0.6) is 0 Å². The van der Waals surface area contributed by atoms with E-state index < -0.39 is 11.7 Å². The summed E-state index contributed by atoms with van der Waals surface area (Å²) in [5.41, 5.74) is 0. The van der Waals surface area contributed by atoms with Crippen molar-refractivity contribution in [1.82, 2.24) is 0 Å². The van der Waals surface area contributed by atoms with Crippen molar-refractivity contribution < 1.29 is 24.5 Å². The average Bonchev–Trinajstić information content (AvgIpc) is 1.66. The van der Waals surface area contributed by atoms with Gasteiger partial charge in [-0.2, -0.15) is 4.33 Å². The van der Waals surface area contributed by atoms with Crippen LogP contribution in [0.15, 0.2) is 0 Å². The second kappa shape index (κ2) is 4.85. The molecule has 8 heavy (non-hydrogen) atoms. The van der Waals surface area contributed by atoms with Gasteiger partial charge in [0.2, 0.25) is 0 Å². The van der Waals surface area contributed by atoms with E-state index in [0.29, 0.717) is 12.0 Å². The fraction of sp³-hybridized carbons (Fsp3) is 0.500. The maximum absolute atomic E-state index is 9.50. The normalized spacial score (nSPS) is 9.12. The fourth-order valence-electron chi connectivity index (χ4n) is 0.0918. The molecular weight excluding hydrogens is 136 g/mol. The summed E-state index contributed by atoms with van der Waals surface area (Å²) in [6.45, 7) is 0. The Hall–Kier alpha value is -0.300. The molecule has 0 N–H and O–H groups in total. The zero-order chi connectivity index (χ0) is 6.41. The number of carboxylic acids is 1. The molecule has 0 radical (unpaired) electrons. The quantitative estimate of drug-likeness (QED) is 0.186. The minimum Gasteiger partial charge on any atom is -0.691 e. The highest BCUT2D eigenvalue weighted by molar-refractivity contribution is 7.95. The maximum Gasteiger partial charge on any atom is 0.0626 e. The smallest absolute Gasteiger partial charge is 0.0626 e. The Morgan fingerprint density at radius 3 is 2.75 bits per heavy atom. The lowest BCUT2D eigenvalue weighted by Gasteiger charge is -2.02. The average molecular weight is 138 g/mol. The number of carboxylic acid groups (broad SMARTS) is 1. The highest BCUT2D eigenvalue weighted by atomic mass is 32.2. The van der Waals surface area contributed by atoms with Gasteiger partial charge in [0.05, 0.1) is 11.7 Å². The van der Waals surface area contributed by atoms with Crippen LogP contribution >= 0.6 is 12.0 Å². The molecule has 0 aliphatic rings. The molecule has 0 bridgehead atoms. The Bertz CT molecular complexity index is 72.8. The van der Waals surface area contributed by atoms with Crippen LogP contribution in [0.1, 0.15) is 0 Å². The van der Waals surface area contributed by atoms with Crippen molar-refractivity contribution >= 4 is 18.0 Å². The Morgan fingerprint density at radius 2 is 2.38 bits per heavy atom. The lowest BCUT2D eigenvalue weighted by Crippen LogP contribution is -2.24. The monoisotopic (exact) mass is 138 g/mol. The van der Waals surface area contributed by atoms with Gasteiger partial charge in [-0.05, 0) is 0 Å². The van der Waals surface area contributed by atoms with E-state index in [4.69, 9.17) is 5.26 Å². The molecule has 0 aliphatic heterocycles. The van der Waals surface area contributed by atoms with Gasteiger partial charge >= 0.3 is 0 Å². The second-order valence-corrected chi connectivity index (χ2v) is 1.43. The van der Waals surface area contributed by atoms with Crippen LogP contribution < -0.4 is 10.4 Å². The lowest BCUT2D eigenvalue weighted by atomic mass is 10.8. The van der Waals surface area contributed by atoms with Crippen molar-refractivity contribution in [2.75, 3.05) is 5.75 Å². The van der Waals surface area contributed by atoms with E-state index in [-0.39, 0.29) is 0 Å². The van der Waals surface area contributed by atoms with Crippen molar-refractivity contribution in [2.45, 2.75) is 0 Å². The van der Waals surface area contributed by atoms with Crippen molar-refractivity contribution in [3.63, 3.8) is 0 Å². The van der Waals surface area contributed by atoms with Gasteiger partial charge in [-0.1, -0.05) is 0 Å². The molecule has 0 aromatic carbocycles. The number of carbonyl (C=O) groups excluding carboxylic acids is 1. The third-order valence-electron chi connectivity index (χ3n) is 0.253. The number of aliphatic carboxylic acids is 1. The predicted octanol–water partition coefficient (Wildman–Crippen LogP) is -2.39. The van der Waals surface area contributed by atoms with Crippen LogP contribution in [0, 0.1) is 0 Å². The Morgan fingerprint density at radius 1 is 1.75 bits per heavy atom. The fourth-order valence-corrected chi connectivity index (χ4v) is 0.275. The molecule has 0 aromatic rings. The summed E-state index contributed by atoms with van der Waals surface area (Å²) in [5.74, 6) is -1.73. The van der Waals surface area contributed by atoms with E-state index in [1.165, 1.54) is 0 Å². The van der Waals surface area contributed by atoms with Crippen LogP contribution in [0.2, 0.25) is 0 Å². The molecule has 48 valence electrons. The Labute approximate surface area is 49.3 Å². The molecule has 6 heteroatoms. The Balaban J connectivity index is 2.82. The molecule has 0 atom stereocenters. The highest BCUT2D eigenvalue weighted by Crippen LogP contribution is 1.97. The van der Waals surface area contributed by atoms with Crippen LogP contribution in [0.25, 0.3) is 0 Å². The Kier molecular flexibility index (Phi) is 4.67. The van der Waals surface area contributed by atoms with Gasteiger partial charge in [0, 0.05) is 12.0 Å². The predicted molar refractivity (Wildman–Crippen MR) is 19.6 cm³/mol. The van der Waals surface area contributed by atoms with E-state index in [1.54, 1.807) is 0 Å². The minimum absolute atomic E-state index is 0.365. The molecule has 0 aliphatic carbocycles. The summed E-state index contributed by atoms with van der Waals surface area (Å²) in [7, 11) is 0. The van der Waals surface area contributed by atoms with Gasteiger partial charge < -0.3 is 15.2 Å². The molecule has 0 saturated heterocycles. The van der Waals surface area contributed by atoms with E-state index >= 15 is 0 Å². The molecule has 0 fully saturated rings. The van der Waals surface area contributed by atoms with E-state index in [2.05, 4.69) is 9.37 Å². The zero-order valence-electron chi connectivity index (χ0n) is 3.66. The first-order chi connectivity index (χ1) is 3.77. The maximum atomic E-state index is 9.50. The number of carbonyl (C=O) groups is 1. The van der Waals surface area contributed by atoms with Crippen LogP contribution in [0.3, 0.4) is 0 Å².